The summed E-state index contributed by atoms with van der Waals surface area (Å²) in [7, 11) is 1.40. The van der Waals surface area contributed by atoms with Crippen molar-refractivity contribution in [1.82, 2.24) is 9.97 Å². The lowest BCUT2D eigenvalue weighted by Gasteiger charge is -2.02. The van der Waals surface area contributed by atoms with Gasteiger partial charge in [0.15, 0.2) is 12.0 Å². The zero-order valence-corrected chi connectivity index (χ0v) is 9.64. The van der Waals surface area contributed by atoms with E-state index in [4.69, 9.17) is 4.74 Å². The minimum absolute atomic E-state index is 0.00528. The third-order valence-corrected chi connectivity index (χ3v) is 2.27. The number of ether oxygens (including phenoxy) is 1. The summed E-state index contributed by atoms with van der Waals surface area (Å²) in [6.07, 6.45) is 0.523. The topological polar surface area (TPSA) is 84.1 Å². The van der Waals surface area contributed by atoms with Crippen molar-refractivity contribution in [2.45, 2.75) is 0 Å². The molecule has 6 nitrogen and oxygen atoms in total. The van der Waals surface area contributed by atoms with Gasteiger partial charge < -0.3 is 15.0 Å². The second kappa shape index (κ2) is 5.13. The fourth-order valence-electron chi connectivity index (χ4n) is 1.43. The standard InChI is InChI=1S/C12H11N3O3/c1-18-12-14-9(7-16)10(15-12)11(17)13-8-5-3-2-4-6-8/h2-7H,1H3,(H,13,17)(H,14,15). The van der Waals surface area contributed by atoms with E-state index in [0.29, 0.717) is 12.0 Å². The van der Waals surface area contributed by atoms with Crippen LogP contribution < -0.4 is 10.1 Å². The van der Waals surface area contributed by atoms with E-state index in [1.807, 2.05) is 6.07 Å². The highest BCUT2D eigenvalue weighted by molar-refractivity contribution is 6.06. The number of benzene rings is 1. The molecule has 0 aliphatic heterocycles. The van der Waals surface area contributed by atoms with Gasteiger partial charge in [0, 0.05) is 5.69 Å². The Labute approximate surface area is 103 Å². The van der Waals surface area contributed by atoms with E-state index in [-0.39, 0.29) is 17.4 Å². The molecule has 1 amide bonds. The van der Waals surface area contributed by atoms with Crippen LogP contribution in [-0.2, 0) is 0 Å². The number of aromatic nitrogens is 2. The molecule has 6 heteroatoms. The van der Waals surface area contributed by atoms with E-state index < -0.39 is 5.91 Å². The number of carbonyl (C=O) groups is 2. The fraction of sp³-hybridized carbons (Fsp3) is 0.0833. The van der Waals surface area contributed by atoms with Crippen molar-refractivity contribution in [2.75, 3.05) is 12.4 Å². The highest BCUT2D eigenvalue weighted by Gasteiger charge is 2.17. The summed E-state index contributed by atoms with van der Waals surface area (Å²) in [5.41, 5.74) is 0.715. The maximum absolute atomic E-state index is 11.9. The van der Waals surface area contributed by atoms with Crippen LogP contribution in [0.2, 0.25) is 0 Å². The first-order valence-electron chi connectivity index (χ1n) is 5.20. The van der Waals surface area contributed by atoms with Gasteiger partial charge in [0.05, 0.1) is 7.11 Å². The summed E-state index contributed by atoms with van der Waals surface area (Å²) in [4.78, 5) is 29.2. The van der Waals surface area contributed by atoms with Crippen LogP contribution in [0.4, 0.5) is 5.69 Å². The predicted octanol–water partition coefficient (Wildman–Crippen LogP) is 1.48. The van der Waals surface area contributed by atoms with Crippen molar-refractivity contribution in [2.24, 2.45) is 0 Å². The van der Waals surface area contributed by atoms with Crippen LogP contribution in [-0.4, -0.2) is 29.3 Å². The first-order valence-corrected chi connectivity index (χ1v) is 5.20. The molecule has 1 aromatic heterocycles. The Hall–Kier alpha value is -2.63. The maximum atomic E-state index is 11.9. The van der Waals surface area contributed by atoms with Gasteiger partial charge in [-0.05, 0) is 12.1 Å². The monoisotopic (exact) mass is 245 g/mol. The smallest absolute Gasteiger partial charge is 0.294 e. The van der Waals surface area contributed by atoms with E-state index in [1.54, 1.807) is 24.3 Å². The van der Waals surface area contributed by atoms with Gasteiger partial charge >= 0.3 is 0 Å². The molecule has 1 heterocycles. The number of rotatable bonds is 4. The van der Waals surface area contributed by atoms with Gasteiger partial charge in [0.2, 0.25) is 0 Å². The molecule has 18 heavy (non-hydrogen) atoms. The lowest BCUT2D eigenvalue weighted by Crippen LogP contribution is -2.14. The van der Waals surface area contributed by atoms with Gasteiger partial charge in [-0.2, -0.15) is 4.98 Å². The Morgan fingerprint density at radius 1 is 1.39 bits per heavy atom. The average Bonchev–Trinajstić information content (AvgIpc) is 2.83. The molecule has 92 valence electrons. The molecule has 0 atom stereocenters. The maximum Gasteiger partial charge on any atom is 0.294 e. The predicted molar refractivity (Wildman–Crippen MR) is 64.9 cm³/mol. The number of methoxy groups -OCH3 is 1. The third kappa shape index (κ3) is 2.37. The molecule has 0 radical (unpaired) electrons. The number of aromatic amines is 1. The van der Waals surface area contributed by atoms with E-state index in [1.165, 1.54) is 7.11 Å². The number of anilines is 1. The molecule has 2 N–H and O–H groups in total. The molecular formula is C12H11N3O3. The molecule has 0 spiro atoms. The highest BCUT2D eigenvalue weighted by Crippen LogP contribution is 2.13. The number of carbonyl (C=O) groups excluding carboxylic acids is 2. The Morgan fingerprint density at radius 2 is 2.11 bits per heavy atom. The average molecular weight is 245 g/mol. The van der Waals surface area contributed by atoms with E-state index in [0.717, 1.165) is 0 Å². The molecule has 2 aromatic rings. The number of aldehydes is 1. The van der Waals surface area contributed by atoms with E-state index in [2.05, 4.69) is 15.3 Å². The Bertz CT molecular complexity index is 563. The summed E-state index contributed by atoms with van der Waals surface area (Å²) < 4.78 is 4.83. The van der Waals surface area contributed by atoms with Crippen molar-refractivity contribution in [1.29, 1.82) is 0 Å². The van der Waals surface area contributed by atoms with Gasteiger partial charge in [-0.25, -0.2) is 0 Å². The van der Waals surface area contributed by atoms with Crippen molar-refractivity contribution < 1.29 is 14.3 Å². The Morgan fingerprint density at radius 3 is 2.72 bits per heavy atom. The molecule has 0 unspecified atom stereocenters. The summed E-state index contributed by atoms with van der Waals surface area (Å²) in [5, 5.41) is 2.63. The van der Waals surface area contributed by atoms with Gasteiger partial charge in [0.25, 0.3) is 11.9 Å². The minimum Gasteiger partial charge on any atom is -0.468 e. The quantitative estimate of drug-likeness (QED) is 0.799. The highest BCUT2D eigenvalue weighted by atomic mass is 16.5. The van der Waals surface area contributed by atoms with Crippen LogP contribution in [0.1, 0.15) is 21.0 Å². The molecule has 1 aromatic carbocycles. The molecule has 0 saturated heterocycles. The van der Waals surface area contributed by atoms with E-state index in [9.17, 15) is 9.59 Å². The molecule has 0 saturated carbocycles. The van der Waals surface area contributed by atoms with Crippen LogP contribution >= 0.6 is 0 Å². The number of imidazole rings is 1. The van der Waals surface area contributed by atoms with Crippen molar-refractivity contribution >= 4 is 17.9 Å². The van der Waals surface area contributed by atoms with Crippen molar-refractivity contribution in [3.05, 3.63) is 41.7 Å². The fourth-order valence-corrected chi connectivity index (χ4v) is 1.43. The Kier molecular flexibility index (Phi) is 3.38. The van der Waals surface area contributed by atoms with E-state index >= 15 is 0 Å². The largest absolute Gasteiger partial charge is 0.468 e. The molecular weight excluding hydrogens is 234 g/mol. The second-order valence-electron chi connectivity index (χ2n) is 3.45. The van der Waals surface area contributed by atoms with Gasteiger partial charge in [-0.15, -0.1) is 0 Å². The summed E-state index contributed by atoms with van der Waals surface area (Å²) >= 11 is 0. The summed E-state index contributed by atoms with van der Waals surface area (Å²) in [6, 6.07) is 9.02. The van der Waals surface area contributed by atoms with Crippen LogP contribution in [0, 0.1) is 0 Å². The first-order chi connectivity index (χ1) is 8.74. The second-order valence-corrected chi connectivity index (χ2v) is 3.45. The lowest BCUT2D eigenvalue weighted by atomic mass is 10.3. The lowest BCUT2D eigenvalue weighted by molar-refractivity contribution is 0.101. The van der Waals surface area contributed by atoms with Gasteiger partial charge in [0.1, 0.15) is 5.69 Å². The van der Waals surface area contributed by atoms with Crippen LogP contribution in [0.3, 0.4) is 0 Å². The molecule has 0 fully saturated rings. The number of para-hydroxylation sites is 1. The van der Waals surface area contributed by atoms with Crippen molar-refractivity contribution in [3.63, 3.8) is 0 Å². The SMILES string of the molecule is COc1nc(C(=O)Nc2ccccc2)c(C=O)[nH]1. The minimum atomic E-state index is -0.470. The molecule has 0 bridgehead atoms. The number of nitrogens with zero attached hydrogens (tertiary/aromatic N) is 1. The van der Waals surface area contributed by atoms with Crippen LogP contribution in [0.25, 0.3) is 0 Å². The number of hydrogen-bond donors (Lipinski definition) is 2. The molecule has 2 rings (SSSR count). The first kappa shape index (κ1) is 11.8. The summed E-state index contributed by atoms with van der Waals surface area (Å²) in [5.74, 6) is -0.470. The Balaban J connectivity index is 2.23. The third-order valence-electron chi connectivity index (χ3n) is 2.27. The number of hydrogen-bond acceptors (Lipinski definition) is 4. The van der Waals surface area contributed by atoms with Crippen LogP contribution in [0.15, 0.2) is 30.3 Å². The van der Waals surface area contributed by atoms with Gasteiger partial charge in [-0.3, -0.25) is 9.59 Å². The molecule has 0 aliphatic rings. The number of H-pyrrole nitrogens is 1. The van der Waals surface area contributed by atoms with Gasteiger partial charge in [-0.1, -0.05) is 18.2 Å². The number of nitrogens with one attached hydrogen (secondary N) is 2. The zero-order chi connectivity index (χ0) is 13.0. The van der Waals surface area contributed by atoms with Crippen molar-refractivity contribution in [3.8, 4) is 6.01 Å². The zero-order valence-electron chi connectivity index (χ0n) is 9.64. The normalized spacial score (nSPS) is 9.83. The molecule has 0 aliphatic carbocycles. The van der Waals surface area contributed by atoms with Crippen LogP contribution in [0.5, 0.6) is 6.01 Å². The summed E-state index contributed by atoms with van der Waals surface area (Å²) in [6.45, 7) is 0. The number of amides is 1.